The van der Waals surface area contributed by atoms with E-state index in [1.807, 2.05) is 6.92 Å². The van der Waals surface area contributed by atoms with E-state index in [2.05, 4.69) is 5.32 Å². The largest absolute Gasteiger partial charge is 0.481 e. The Hall–Kier alpha value is -1.10. The number of amides is 1. The summed E-state index contributed by atoms with van der Waals surface area (Å²) in [6.07, 6.45) is 8.50. The van der Waals surface area contributed by atoms with Crippen LogP contribution in [0.2, 0.25) is 0 Å². The summed E-state index contributed by atoms with van der Waals surface area (Å²) >= 11 is 0. The van der Waals surface area contributed by atoms with E-state index in [9.17, 15) is 14.7 Å². The Kier molecular flexibility index (Phi) is 6.68. The first-order valence-electron chi connectivity index (χ1n) is 8.84. The number of carboxylic acids is 1. The van der Waals surface area contributed by atoms with Gasteiger partial charge < -0.3 is 15.3 Å². The van der Waals surface area contributed by atoms with Gasteiger partial charge in [-0.3, -0.25) is 9.59 Å². The molecule has 5 heteroatoms. The lowest BCUT2D eigenvalue weighted by atomic mass is 9.88. The van der Waals surface area contributed by atoms with Gasteiger partial charge in [0.2, 0.25) is 5.91 Å². The molecule has 0 bridgehead atoms. The minimum Gasteiger partial charge on any atom is -0.481 e. The molecule has 1 aliphatic carbocycles. The highest BCUT2D eigenvalue weighted by Gasteiger charge is 2.33. The quantitative estimate of drug-likeness (QED) is 0.789. The van der Waals surface area contributed by atoms with E-state index in [4.69, 9.17) is 0 Å². The standard InChI is InChI=1S/C17H30N2O3/c1-2-6-16(20)19-11-14(17(21)22)9-15(12-19)18-10-13-7-4-3-5-8-13/h13-15,18H,2-12H2,1H3,(H,21,22). The number of carbonyl (C=O) groups is 2. The van der Waals surface area contributed by atoms with Crippen LogP contribution in [0.1, 0.15) is 58.3 Å². The van der Waals surface area contributed by atoms with Crippen LogP contribution in [0.25, 0.3) is 0 Å². The molecule has 22 heavy (non-hydrogen) atoms. The molecule has 0 aromatic carbocycles. The summed E-state index contributed by atoms with van der Waals surface area (Å²) in [7, 11) is 0. The highest BCUT2D eigenvalue weighted by atomic mass is 16.4. The van der Waals surface area contributed by atoms with Crippen molar-refractivity contribution in [1.82, 2.24) is 10.2 Å². The van der Waals surface area contributed by atoms with Crippen molar-refractivity contribution in [1.29, 1.82) is 0 Å². The third-order valence-electron chi connectivity index (χ3n) is 5.04. The van der Waals surface area contributed by atoms with Gasteiger partial charge >= 0.3 is 5.97 Å². The molecule has 2 N–H and O–H groups in total. The average molecular weight is 310 g/mol. The molecule has 2 atom stereocenters. The van der Waals surface area contributed by atoms with Crippen molar-refractivity contribution < 1.29 is 14.7 Å². The zero-order chi connectivity index (χ0) is 15.9. The molecule has 126 valence electrons. The van der Waals surface area contributed by atoms with Crippen molar-refractivity contribution in [3.05, 3.63) is 0 Å². The fourth-order valence-corrected chi connectivity index (χ4v) is 3.73. The Morgan fingerprint density at radius 3 is 2.55 bits per heavy atom. The van der Waals surface area contributed by atoms with Gasteiger partial charge in [0.1, 0.15) is 0 Å². The summed E-state index contributed by atoms with van der Waals surface area (Å²) in [4.78, 5) is 25.2. The van der Waals surface area contributed by atoms with E-state index in [-0.39, 0.29) is 11.9 Å². The predicted molar refractivity (Wildman–Crippen MR) is 85.6 cm³/mol. The lowest BCUT2D eigenvalue weighted by Gasteiger charge is -2.37. The Balaban J connectivity index is 1.87. The SMILES string of the molecule is CCCC(=O)N1CC(NCC2CCCCC2)CC(C(=O)O)C1. The molecule has 0 aromatic rings. The molecule has 5 nitrogen and oxygen atoms in total. The maximum absolute atomic E-state index is 12.1. The zero-order valence-corrected chi connectivity index (χ0v) is 13.7. The van der Waals surface area contributed by atoms with Crippen LogP contribution in [0.3, 0.4) is 0 Å². The van der Waals surface area contributed by atoms with Crippen molar-refractivity contribution in [2.24, 2.45) is 11.8 Å². The number of nitrogens with one attached hydrogen (secondary N) is 1. The maximum Gasteiger partial charge on any atom is 0.308 e. The third-order valence-corrected chi connectivity index (χ3v) is 5.04. The summed E-state index contributed by atoms with van der Waals surface area (Å²) in [6.45, 7) is 3.98. The van der Waals surface area contributed by atoms with Gasteiger partial charge in [0.15, 0.2) is 0 Å². The van der Waals surface area contributed by atoms with E-state index < -0.39 is 11.9 Å². The van der Waals surface area contributed by atoms with Crippen molar-refractivity contribution in [2.45, 2.75) is 64.3 Å². The van der Waals surface area contributed by atoms with E-state index in [1.165, 1.54) is 32.1 Å². The molecule has 1 saturated heterocycles. The normalized spacial score (nSPS) is 26.9. The lowest BCUT2D eigenvalue weighted by Crippen LogP contribution is -2.53. The van der Waals surface area contributed by atoms with Gasteiger partial charge in [-0.25, -0.2) is 0 Å². The number of likely N-dealkylation sites (tertiary alicyclic amines) is 1. The molecular weight excluding hydrogens is 280 g/mol. The van der Waals surface area contributed by atoms with Crippen molar-refractivity contribution >= 4 is 11.9 Å². The minimum atomic E-state index is -0.779. The molecule has 2 unspecified atom stereocenters. The van der Waals surface area contributed by atoms with Gasteiger partial charge in [-0.15, -0.1) is 0 Å². The molecule has 2 aliphatic rings. The van der Waals surface area contributed by atoms with Gasteiger partial charge in [-0.2, -0.15) is 0 Å². The molecule has 1 heterocycles. The number of aliphatic carboxylic acids is 1. The van der Waals surface area contributed by atoms with Crippen LogP contribution in [0.4, 0.5) is 0 Å². The third kappa shape index (κ3) is 4.97. The van der Waals surface area contributed by atoms with Crippen LogP contribution in [0.15, 0.2) is 0 Å². The van der Waals surface area contributed by atoms with Crippen molar-refractivity contribution in [2.75, 3.05) is 19.6 Å². The summed E-state index contributed by atoms with van der Waals surface area (Å²) in [6, 6.07) is 0.123. The molecule has 1 aliphatic heterocycles. The van der Waals surface area contributed by atoms with Crippen LogP contribution >= 0.6 is 0 Å². The molecule has 1 amide bonds. The van der Waals surface area contributed by atoms with E-state index >= 15 is 0 Å². The van der Waals surface area contributed by atoms with Gasteiger partial charge in [0, 0.05) is 25.6 Å². The molecule has 0 spiro atoms. The number of carboxylic acid groups (broad SMARTS) is 1. The highest BCUT2D eigenvalue weighted by molar-refractivity contribution is 5.78. The fraction of sp³-hybridized carbons (Fsp3) is 0.882. The van der Waals surface area contributed by atoms with Crippen LogP contribution < -0.4 is 5.32 Å². The summed E-state index contributed by atoms with van der Waals surface area (Å²) in [5.41, 5.74) is 0. The predicted octanol–water partition coefficient (Wildman–Crippen LogP) is 2.26. The van der Waals surface area contributed by atoms with Crippen molar-refractivity contribution in [3.8, 4) is 0 Å². The number of hydrogen-bond donors (Lipinski definition) is 2. The van der Waals surface area contributed by atoms with Crippen LogP contribution in [-0.4, -0.2) is 47.6 Å². The maximum atomic E-state index is 12.1. The fourth-order valence-electron chi connectivity index (χ4n) is 3.73. The number of piperidine rings is 1. The van der Waals surface area contributed by atoms with Crippen LogP contribution in [0.5, 0.6) is 0 Å². The Bertz CT molecular complexity index is 380. The summed E-state index contributed by atoms with van der Waals surface area (Å²) < 4.78 is 0. The Morgan fingerprint density at radius 2 is 1.91 bits per heavy atom. The summed E-state index contributed by atoms with van der Waals surface area (Å²) in [5.74, 6) is -0.395. The van der Waals surface area contributed by atoms with E-state index in [0.717, 1.165) is 18.9 Å². The molecule has 0 aromatic heterocycles. The Morgan fingerprint density at radius 1 is 1.18 bits per heavy atom. The van der Waals surface area contributed by atoms with Crippen LogP contribution in [0, 0.1) is 11.8 Å². The number of nitrogens with zero attached hydrogens (tertiary/aromatic N) is 1. The number of hydrogen-bond acceptors (Lipinski definition) is 3. The Labute approximate surface area is 133 Å². The first-order valence-corrected chi connectivity index (χ1v) is 8.84. The monoisotopic (exact) mass is 310 g/mol. The zero-order valence-electron chi connectivity index (χ0n) is 13.7. The average Bonchev–Trinajstić information content (AvgIpc) is 2.54. The van der Waals surface area contributed by atoms with Gasteiger partial charge in [0.05, 0.1) is 5.92 Å². The molecule has 2 rings (SSSR count). The molecule has 2 fully saturated rings. The number of carbonyl (C=O) groups excluding carboxylic acids is 1. The smallest absolute Gasteiger partial charge is 0.308 e. The second-order valence-corrected chi connectivity index (χ2v) is 6.93. The number of rotatable bonds is 6. The van der Waals surface area contributed by atoms with E-state index in [1.54, 1.807) is 4.90 Å². The second kappa shape index (κ2) is 8.51. The van der Waals surface area contributed by atoms with Crippen molar-refractivity contribution in [3.63, 3.8) is 0 Å². The summed E-state index contributed by atoms with van der Waals surface area (Å²) in [5, 5.41) is 12.9. The molecular formula is C17H30N2O3. The van der Waals surface area contributed by atoms with Gasteiger partial charge in [-0.1, -0.05) is 26.2 Å². The van der Waals surface area contributed by atoms with Gasteiger partial charge in [-0.05, 0) is 38.1 Å². The topological polar surface area (TPSA) is 69.6 Å². The first-order chi connectivity index (χ1) is 10.6. The first kappa shape index (κ1) is 17.3. The second-order valence-electron chi connectivity index (χ2n) is 6.93. The molecule has 1 saturated carbocycles. The minimum absolute atomic E-state index is 0.0953. The van der Waals surface area contributed by atoms with Gasteiger partial charge in [0.25, 0.3) is 0 Å². The van der Waals surface area contributed by atoms with Crippen LogP contribution in [-0.2, 0) is 9.59 Å². The van der Waals surface area contributed by atoms with E-state index in [0.29, 0.717) is 25.9 Å². The molecule has 0 radical (unpaired) electrons. The highest BCUT2D eigenvalue weighted by Crippen LogP contribution is 2.24. The lowest BCUT2D eigenvalue weighted by molar-refractivity contribution is -0.146.